The van der Waals surface area contributed by atoms with Gasteiger partial charge in [0.15, 0.2) is 0 Å². The zero-order chi connectivity index (χ0) is 13.8. The minimum absolute atomic E-state index is 0.00810. The molecule has 0 radical (unpaired) electrons. The van der Waals surface area contributed by atoms with Crippen molar-refractivity contribution in [3.63, 3.8) is 0 Å². The van der Waals surface area contributed by atoms with Crippen LogP contribution < -0.4 is 11.1 Å². The van der Waals surface area contributed by atoms with Crippen LogP contribution in [0.3, 0.4) is 0 Å². The molecule has 1 amide bonds. The van der Waals surface area contributed by atoms with Crippen molar-refractivity contribution in [2.75, 3.05) is 0 Å². The highest BCUT2D eigenvalue weighted by Gasteiger charge is 2.25. The van der Waals surface area contributed by atoms with Gasteiger partial charge >= 0.3 is 0 Å². The second-order valence-electron chi connectivity index (χ2n) is 5.08. The number of benzene rings is 1. The molecule has 3 nitrogen and oxygen atoms in total. The van der Waals surface area contributed by atoms with Crippen molar-refractivity contribution in [2.45, 2.75) is 38.3 Å². The van der Waals surface area contributed by atoms with E-state index < -0.39 is 11.6 Å². The van der Waals surface area contributed by atoms with E-state index in [0.29, 0.717) is 6.42 Å². The van der Waals surface area contributed by atoms with E-state index in [2.05, 4.69) is 5.32 Å². The number of nitrogens with one attached hydrogen (secondary N) is 1. The molecule has 1 aromatic carbocycles. The number of hydrogen-bond donors (Lipinski definition) is 2. The van der Waals surface area contributed by atoms with Crippen LogP contribution in [0.15, 0.2) is 18.2 Å². The first kappa shape index (κ1) is 13.9. The van der Waals surface area contributed by atoms with Crippen molar-refractivity contribution in [2.24, 2.45) is 11.7 Å². The Labute approximate surface area is 111 Å². The fourth-order valence-electron chi connectivity index (χ4n) is 2.47. The molecule has 19 heavy (non-hydrogen) atoms. The van der Waals surface area contributed by atoms with Gasteiger partial charge < -0.3 is 11.1 Å². The second kappa shape index (κ2) is 6.10. The molecule has 104 valence electrons. The highest BCUT2D eigenvalue weighted by Crippen LogP contribution is 2.23. The molecule has 2 rings (SSSR count). The summed E-state index contributed by atoms with van der Waals surface area (Å²) in [6.07, 6.45) is 3.36. The highest BCUT2D eigenvalue weighted by molar-refractivity contribution is 5.78. The monoisotopic (exact) mass is 268 g/mol. The lowest BCUT2D eigenvalue weighted by Crippen LogP contribution is -2.37. The quantitative estimate of drug-likeness (QED) is 0.882. The van der Waals surface area contributed by atoms with Crippen LogP contribution in [0.4, 0.5) is 8.78 Å². The van der Waals surface area contributed by atoms with Crippen LogP contribution in [0.1, 0.15) is 31.2 Å². The van der Waals surface area contributed by atoms with Gasteiger partial charge in [0, 0.05) is 24.1 Å². The number of halogens is 2. The average molecular weight is 268 g/mol. The predicted molar refractivity (Wildman–Crippen MR) is 68.1 cm³/mol. The van der Waals surface area contributed by atoms with Crippen LogP contribution in [0, 0.1) is 17.6 Å². The predicted octanol–water partition coefficient (Wildman–Crippen LogP) is 2.10. The van der Waals surface area contributed by atoms with Crippen LogP contribution in [-0.2, 0) is 11.3 Å². The normalized spacial score (nSPS) is 23.1. The summed E-state index contributed by atoms with van der Waals surface area (Å²) in [5.74, 6) is -1.26. The topological polar surface area (TPSA) is 55.1 Å². The highest BCUT2D eigenvalue weighted by atomic mass is 19.1. The summed E-state index contributed by atoms with van der Waals surface area (Å²) in [5.41, 5.74) is 5.99. The summed E-state index contributed by atoms with van der Waals surface area (Å²) < 4.78 is 26.4. The molecule has 1 saturated carbocycles. The molecule has 0 bridgehead atoms. The first-order valence-electron chi connectivity index (χ1n) is 6.53. The van der Waals surface area contributed by atoms with Gasteiger partial charge in [0.05, 0.1) is 0 Å². The van der Waals surface area contributed by atoms with Gasteiger partial charge in [-0.25, -0.2) is 8.78 Å². The molecular weight excluding hydrogens is 250 g/mol. The smallest absolute Gasteiger partial charge is 0.223 e. The third-order valence-corrected chi connectivity index (χ3v) is 3.55. The zero-order valence-electron chi connectivity index (χ0n) is 10.7. The summed E-state index contributed by atoms with van der Waals surface area (Å²) in [6, 6.07) is 3.28. The van der Waals surface area contributed by atoms with E-state index in [9.17, 15) is 13.6 Å². The number of carbonyl (C=O) groups excluding carboxylic acids is 1. The first-order chi connectivity index (χ1) is 9.06. The van der Waals surface area contributed by atoms with Crippen molar-refractivity contribution in [1.82, 2.24) is 5.32 Å². The van der Waals surface area contributed by atoms with Gasteiger partial charge in [-0.3, -0.25) is 4.79 Å². The summed E-state index contributed by atoms with van der Waals surface area (Å²) in [4.78, 5) is 11.9. The average Bonchev–Trinajstić information content (AvgIpc) is 2.39. The fourth-order valence-corrected chi connectivity index (χ4v) is 2.47. The van der Waals surface area contributed by atoms with Crippen molar-refractivity contribution in [1.29, 1.82) is 0 Å². The number of amides is 1. The van der Waals surface area contributed by atoms with E-state index in [-0.39, 0.29) is 30.0 Å². The Morgan fingerprint density at radius 3 is 2.89 bits per heavy atom. The van der Waals surface area contributed by atoms with Crippen LogP contribution in [0.25, 0.3) is 0 Å². The lowest BCUT2D eigenvalue weighted by atomic mass is 9.85. The van der Waals surface area contributed by atoms with E-state index in [0.717, 1.165) is 37.5 Å². The summed E-state index contributed by atoms with van der Waals surface area (Å²) in [6.45, 7) is 0.00810. The third kappa shape index (κ3) is 3.73. The van der Waals surface area contributed by atoms with Crippen molar-refractivity contribution in [3.05, 3.63) is 35.4 Å². The molecule has 0 saturated heterocycles. The number of carbonyl (C=O) groups is 1. The molecule has 3 N–H and O–H groups in total. The van der Waals surface area contributed by atoms with Gasteiger partial charge in [0.25, 0.3) is 0 Å². The molecule has 1 aliphatic rings. The maximum atomic E-state index is 13.4. The molecule has 0 aliphatic heterocycles. The van der Waals surface area contributed by atoms with E-state index in [4.69, 9.17) is 5.73 Å². The van der Waals surface area contributed by atoms with Gasteiger partial charge in [-0.1, -0.05) is 6.42 Å². The molecule has 0 aromatic heterocycles. The van der Waals surface area contributed by atoms with Gasteiger partial charge in [-0.15, -0.1) is 0 Å². The van der Waals surface area contributed by atoms with E-state index >= 15 is 0 Å². The maximum absolute atomic E-state index is 13.4. The molecule has 1 aliphatic carbocycles. The molecule has 0 heterocycles. The molecule has 0 spiro atoms. The van der Waals surface area contributed by atoms with E-state index in [1.54, 1.807) is 0 Å². The third-order valence-electron chi connectivity index (χ3n) is 3.55. The van der Waals surface area contributed by atoms with Crippen LogP contribution >= 0.6 is 0 Å². The lowest BCUT2D eigenvalue weighted by Gasteiger charge is -2.25. The van der Waals surface area contributed by atoms with Gasteiger partial charge in [-0.2, -0.15) is 0 Å². The van der Waals surface area contributed by atoms with Crippen molar-refractivity contribution >= 4 is 5.91 Å². The Morgan fingerprint density at radius 2 is 2.16 bits per heavy atom. The second-order valence-corrected chi connectivity index (χ2v) is 5.08. The van der Waals surface area contributed by atoms with Crippen molar-refractivity contribution in [3.8, 4) is 0 Å². The summed E-state index contributed by atoms with van der Waals surface area (Å²) in [7, 11) is 0. The minimum Gasteiger partial charge on any atom is -0.352 e. The standard InChI is InChI=1S/C14H18F2N2O/c15-11-4-5-13(16)10(6-11)8-18-14(19)9-2-1-3-12(17)7-9/h4-6,9,12H,1-3,7-8,17H2,(H,18,19). The van der Waals surface area contributed by atoms with Crippen LogP contribution in [0.5, 0.6) is 0 Å². The summed E-state index contributed by atoms with van der Waals surface area (Å²) in [5, 5.41) is 2.66. The van der Waals surface area contributed by atoms with Crippen LogP contribution in [-0.4, -0.2) is 11.9 Å². The summed E-state index contributed by atoms with van der Waals surface area (Å²) >= 11 is 0. The van der Waals surface area contributed by atoms with E-state index in [1.807, 2.05) is 0 Å². The molecule has 2 unspecified atom stereocenters. The molecular formula is C14H18F2N2O. The van der Waals surface area contributed by atoms with Gasteiger partial charge in [0.1, 0.15) is 11.6 Å². The fraction of sp³-hybridized carbons (Fsp3) is 0.500. The zero-order valence-corrected chi connectivity index (χ0v) is 10.7. The number of nitrogens with two attached hydrogens (primary N) is 1. The lowest BCUT2D eigenvalue weighted by molar-refractivity contribution is -0.126. The first-order valence-corrected chi connectivity index (χ1v) is 6.53. The maximum Gasteiger partial charge on any atom is 0.223 e. The number of hydrogen-bond acceptors (Lipinski definition) is 2. The van der Waals surface area contributed by atoms with Crippen LogP contribution in [0.2, 0.25) is 0 Å². The Balaban J connectivity index is 1.91. The molecule has 1 aromatic rings. The SMILES string of the molecule is NC1CCCC(C(=O)NCc2cc(F)ccc2F)C1. The Bertz CT molecular complexity index is 465. The molecule has 5 heteroatoms. The minimum atomic E-state index is -0.512. The molecule has 1 fully saturated rings. The van der Waals surface area contributed by atoms with E-state index in [1.165, 1.54) is 0 Å². The van der Waals surface area contributed by atoms with Crippen molar-refractivity contribution < 1.29 is 13.6 Å². The Kier molecular flexibility index (Phi) is 4.47. The largest absolute Gasteiger partial charge is 0.352 e. The van der Waals surface area contributed by atoms with Gasteiger partial charge in [-0.05, 0) is 37.5 Å². The van der Waals surface area contributed by atoms with Gasteiger partial charge in [0.2, 0.25) is 5.91 Å². The number of rotatable bonds is 3. The Hall–Kier alpha value is -1.49. The molecule has 2 atom stereocenters. The Morgan fingerprint density at radius 1 is 1.37 bits per heavy atom.